The Balaban J connectivity index is 2.03. The second-order valence-electron chi connectivity index (χ2n) is 6.51. The van der Waals surface area contributed by atoms with Crippen LogP contribution >= 0.6 is 0 Å². The third kappa shape index (κ3) is 3.81. The van der Waals surface area contributed by atoms with E-state index in [4.69, 9.17) is 0 Å². The van der Waals surface area contributed by atoms with Crippen molar-refractivity contribution in [3.05, 3.63) is 69.8 Å². The quantitative estimate of drug-likeness (QED) is 0.602. The molecule has 0 spiro atoms. The molecule has 140 valence electrons. The van der Waals surface area contributed by atoms with Crippen LogP contribution in [0.1, 0.15) is 35.2 Å². The van der Waals surface area contributed by atoms with E-state index in [-0.39, 0.29) is 16.8 Å². The zero-order valence-corrected chi connectivity index (χ0v) is 15.1. The van der Waals surface area contributed by atoms with Crippen molar-refractivity contribution >= 4 is 23.3 Å². The van der Waals surface area contributed by atoms with E-state index in [1.807, 2.05) is 0 Å². The van der Waals surface area contributed by atoms with Gasteiger partial charge in [0.05, 0.1) is 16.2 Å². The van der Waals surface area contributed by atoms with E-state index in [1.54, 1.807) is 35.2 Å². The third-order valence-electron chi connectivity index (χ3n) is 4.77. The minimum atomic E-state index is -0.557. The molecule has 0 saturated carbocycles. The van der Waals surface area contributed by atoms with Gasteiger partial charge in [0, 0.05) is 24.7 Å². The van der Waals surface area contributed by atoms with Gasteiger partial charge >= 0.3 is 6.03 Å². The number of hydrogen-bond acceptors (Lipinski definition) is 4. The molecule has 1 aliphatic rings. The number of carbonyl (C=O) groups is 2. The Labute approximate surface area is 157 Å². The molecule has 7 heteroatoms. The summed E-state index contributed by atoms with van der Waals surface area (Å²) < 4.78 is 0. The average molecular weight is 367 g/mol. The Morgan fingerprint density at radius 2 is 1.67 bits per heavy atom. The number of carbonyl (C=O) groups excluding carboxylic acids is 2. The van der Waals surface area contributed by atoms with Gasteiger partial charge in [-0.2, -0.15) is 0 Å². The summed E-state index contributed by atoms with van der Waals surface area (Å²) in [5.74, 6) is -0.557. The predicted molar refractivity (Wildman–Crippen MR) is 102 cm³/mol. The summed E-state index contributed by atoms with van der Waals surface area (Å²) in [7, 11) is 0. The van der Waals surface area contributed by atoms with Crippen molar-refractivity contribution in [2.75, 3.05) is 18.0 Å². The molecule has 1 aliphatic heterocycles. The Kier molecular flexibility index (Phi) is 5.49. The summed E-state index contributed by atoms with van der Waals surface area (Å²) in [6.45, 7) is 2.73. The number of anilines is 1. The molecule has 3 rings (SSSR count). The number of nitro benzene ring substituents is 1. The highest BCUT2D eigenvalue weighted by Gasteiger charge is 2.31. The van der Waals surface area contributed by atoms with Crippen molar-refractivity contribution in [2.45, 2.75) is 26.2 Å². The van der Waals surface area contributed by atoms with Gasteiger partial charge in [-0.05, 0) is 44.4 Å². The van der Waals surface area contributed by atoms with E-state index < -0.39 is 16.9 Å². The highest BCUT2D eigenvalue weighted by atomic mass is 16.6. The number of rotatable bonds is 3. The SMILES string of the molecule is Cc1c(C(=O)N(C(=O)N2CCCCC2)c2ccccc2)cccc1[N+](=O)[O-]. The molecule has 1 saturated heterocycles. The Hall–Kier alpha value is -3.22. The Bertz CT molecular complexity index is 861. The standard InChI is InChI=1S/C20H21N3O4/c1-15-17(11-8-12-18(15)23(26)27)19(24)22(16-9-4-2-5-10-16)20(25)21-13-6-3-7-14-21/h2,4-5,8-12H,3,6-7,13-14H2,1H3. The van der Waals surface area contributed by atoms with Gasteiger partial charge < -0.3 is 4.90 Å². The average Bonchev–Trinajstić information content (AvgIpc) is 2.69. The number of piperidine rings is 1. The lowest BCUT2D eigenvalue weighted by Crippen LogP contribution is -2.48. The minimum Gasteiger partial charge on any atom is -0.324 e. The molecule has 1 fully saturated rings. The minimum absolute atomic E-state index is 0.140. The van der Waals surface area contributed by atoms with Crippen LogP contribution in [-0.4, -0.2) is 34.9 Å². The maximum absolute atomic E-state index is 13.3. The second kappa shape index (κ2) is 7.99. The normalized spacial score (nSPS) is 13.9. The summed E-state index contributed by atoms with van der Waals surface area (Å²) in [5.41, 5.74) is 0.710. The molecule has 1 heterocycles. The molecule has 0 bridgehead atoms. The molecular weight excluding hydrogens is 346 g/mol. The molecule has 0 N–H and O–H groups in total. The predicted octanol–water partition coefficient (Wildman–Crippen LogP) is 4.16. The van der Waals surface area contributed by atoms with Crippen LogP contribution in [-0.2, 0) is 0 Å². The van der Waals surface area contributed by atoms with Crippen molar-refractivity contribution in [3.63, 3.8) is 0 Å². The van der Waals surface area contributed by atoms with Gasteiger partial charge in [0.25, 0.3) is 11.6 Å². The van der Waals surface area contributed by atoms with Crippen LogP contribution in [0.4, 0.5) is 16.2 Å². The van der Waals surface area contributed by atoms with Crippen molar-refractivity contribution in [3.8, 4) is 0 Å². The first-order valence-corrected chi connectivity index (χ1v) is 8.93. The van der Waals surface area contributed by atoms with Gasteiger partial charge in [0.2, 0.25) is 0 Å². The topological polar surface area (TPSA) is 83.8 Å². The van der Waals surface area contributed by atoms with Crippen LogP contribution in [0.5, 0.6) is 0 Å². The van der Waals surface area contributed by atoms with E-state index in [9.17, 15) is 19.7 Å². The Morgan fingerprint density at radius 3 is 2.30 bits per heavy atom. The van der Waals surface area contributed by atoms with Crippen LogP contribution in [0.25, 0.3) is 0 Å². The zero-order valence-electron chi connectivity index (χ0n) is 15.1. The molecule has 0 aromatic heterocycles. The number of hydrogen-bond donors (Lipinski definition) is 0. The molecule has 2 aromatic rings. The van der Waals surface area contributed by atoms with Crippen molar-refractivity contribution in [1.29, 1.82) is 0 Å². The number of nitro groups is 1. The molecule has 3 amide bonds. The summed E-state index contributed by atoms with van der Waals surface area (Å²) >= 11 is 0. The maximum atomic E-state index is 13.3. The largest absolute Gasteiger partial charge is 0.331 e. The monoisotopic (exact) mass is 367 g/mol. The highest BCUT2D eigenvalue weighted by molar-refractivity contribution is 6.21. The summed E-state index contributed by atoms with van der Waals surface area (Å²) in [6.07, 6.45) is 2.86. The molecule has 2 aromatic carbocycles. The van der Waals surface area contributed by atoms with Gasteiger partial charge in [-0.15, -0.1) is 0 Å². The fraction of sp³-hybridized carbons (Fsp3) is 0.300. The highest BCUT2D eigenvalue weighted by Crippen LogP contribution is 2.26. The summed E-state index contributed by atoms with van der Waals surface area (Å²) in [5, 5.41) is 11.2. The lowest BCUT2D eigenvalue weighted by Gasteiger charge is -2.32. The van der Waals surface area contributed by atoms with E-state index in [2.05, 4.69) is 0 Å². The summed E-state index contributed by atoms with van der Waals surface area (Å²) in [6, 6.07) is 12.6. The Morgan fingerprint density at radius 1 is 1.00 bits per heavy atom. The first kappa shape index (κ1) is 18.6. The van der Waals surface area contributed by atoms with Crippen molar-refractivity contribution in [2.24, 2.45) is 0 Å². The van der Waals surface area contributed by atoms with E-state index in [1.165, 1.54) is 25.1 Å². The molecule has 0 unspecified atom stereocenters. The van der Waals surface area contributed by atoms with Crippen molar-refractivity contribution < 1.29 is 14.5 Å². The van der Waals surface area contributed by atoms with E-state index >= 15 is 0 Å². The number of benzene rings is 2. The fourth-order valence-electron chi connectivity index (χ4n) is 3.29. The van der Waals surface area contributed by atoms with Crippen LogP contribution in [0.3, 0.4) is 0 Å². The van der Waals surface area contributed by atoms with Gasteiger partial charge in [-0.3, -0.25) is 14.9 Å². The zero-order chi connectivity index (χ0) is 19.4. The van der Waals surface area contributed by atoms with Gasteiger partial charge in [-0.1, -0.05) is 24.3 Å². The molecule has 7 nitrogen and oxygen atoms in total. The number of amides is 3. The van der Waals surface area contributed by atoms with Crippen LogP contribution in [0.15, 0.2) is 48.5 Å². The van der Waals surface area contributed by atoms with Crippen molar-refractivity contribution in [1.82, 2.24) is 4.90 Å². The molecule has 0 radical (unpaired) electrons. The molecule has 0 aliphatic carbocycles. The first-order chi connectivity index (χ1) is 13.0. The fourth-order valence-corrected chi connectivity index (χ4v) is 3.29. The molecule has 27 heavy (non-hydrogen) atoms. The number of urea groups is 1. The number of para-hydroxylation sites is 1. The number of likely N-dealkylation sites (tertiary alicyclic amines) is 1. The lowest BCUT2D eigenvalue weighted by atomic mass is 10.0. The maximum Gasteiger partial charge on any atom is 0.331 e. The number of nitrogens with zero attached hydrogens (tertiary/aromatic N) is 3. The van der Waals surface area contributed by atoms with E-state index in [0.29, 0.717) is 18.8 Å². The number of imide groups is 1. The smallest absolute Gasteiger partial charge is 0.324 e. The van der Waals surface area contributed by atoms with Crippen LogP contribution in [0.2, 0.25) is 0 Å². The lowest BCUT2D eigenvalue weighted by molar-refractivity contribution is -0.385. The third-order valence-corrected chi connectivity index (χ3v) is 4.77. The summed E-state index contributed by atoms with van der Waals surface area (Å²) in [4.78, 5) is 39.9. The second-order valence-corrected chi connectivity index (χ2v) is 6.51. The van der Waals surface area contributed by atoms with Crippen LogP contribution in [0, 0.1) is 17.0 Å². The van der Waals surface area contributed by atoms with Gasteiger partial charge in [0.15, 0.2) is 0 Å². The molecular formula is C20H21N3O4. The molecule has 0 atom stereocenters. The van der Waals surface area contributed by atoms with Gasteiger partial charge in [-0.25, -0.2) is 9.69 Å². The van der Waals surface area contributed by atoms with E-state index in [0.717, 1.165) is 24.2 Å². The first-order valence-electron chi connectivity index (χ1n) is 8.93. The van der Waals surface area contributed by atoms with Crippen LogP contribution < -0.4 is 4.90 Å². The van der Waals surface area contributed by atoms with Gasteiger partial charge in [0.1, 0.15) is 0 Å².